The SMILES string of the molecule is CN(C(=O)c1ccccc1)c1ccc2c(c1)nc(NC(=O)c1ccc(/C=C/c3cccc(C(F)(F)F)c3)s1)n2CCC(N)=O. The second-order valence-electron chi connectivity index (χ2n) is 9.82. The standard InChI is InChI=1S/C32H26F3N5O3S/c1-39(30(43)21-7-3-2-4-8-21)23-11-14-26-25(19-23)37-31(40(26)17-16-28(36)41)38-29(42)27-15-13-24(44-27)12-10-20-6-5-9-22(18-20)32(33,34)35/h2-15,18-19H,16-17H2,1H3,(H2,36,41)(H,37,38,42)/b12-10+. The van der Waals surface area contributed by atoms with E-state index in [1.165, 1.54) is 11.0 Å². The third-order valence-corrected chi connectivity index (χ3v) is 7.81. The first-order chi connectivity index (χ1) is 21.0. The van der Waals surface area contributed by atoms with Crippen molar-refractivity contribution in [1.82, 2.24) is 9.55 Å². The van der Waals surface area contributed by atoms with Crippen molar-refractivity contribution >= 4 is 63.9 Å². The van der Waals surface area contributed by atoms with Crippen molar-refractivity contribution in [2.24, 2.45) is 5.73 Å². The summed E-state index contributed by atoms with van der Waals surface area (Å²) >= 11 is 1.15. The molecule has 224 valence electrons. The number of anilines is 2. The van der Waals surface area contributed by atoms with Crippen molar-refractivity contribution in [2.75, 3.05) is 17.3 Å². The topological polar surface area (TPSA) is 110 Å². The molecule has 2 aromatic heterocycles. The molecule has 0 fully saturated rings. The van der Waals surface area contributed by atoms with Crippen LogP contribution >= 0.6 is 11.3 Å². The van der Waals surface area contributed by atoms with E-state index in [9.17, 15) is 27.6 Å². The van der Waals surface area contributed by atoms with Crippen LogP contribution in [0.25, 0.3) is 23.2 Å². The summed E-state index contributed by atoms with van der Waals surface area (Å²) in [5.41, 5.74) is 7.24. The molecule has 44 heavy (non-hydrogen) atoms. The lowest BCUT2D eigenvalue weighted by molar-refractivity contribution is -0.137. The maximum absolute atomic E-state index is 13.2. The van der Waals surface area contributed by atoms with Gasteiger partial charge in [-0.2, -0.15) is 13.2 Å². The van der Waals surface area contributed by atoms with Crippen molar-refractivity contribution in [3.63, 3.8) is 0 Å². The van der Waals surface area contributed by atoms with E-state index in [-0.39, 0.29) is 24.8 Å². The predicted molar refractivity (Wildman–Crippen MR) is 165 cm³/mol. The molecule has 0 spiro atoms. The van der Waals surface area contributed by atoms with Gasteiger partial charge in [0.2, 0.25) is 11.9 Å². The number of aryl methyl sites for hydroxylation is 1. The van der Waals surface area contributed by atoms with Crippen LogP contribution in [0.15, 0.2) is 84.9 Å². The molecule has 0 radical (unpaired) electrons. The van der Waals surface area contributed by atoms with Crippen molar-refractivity contribution < 1.29 is 27.6 Å². The van der Waals surface area contributed by atoms with Crippen LogP contribution in [0.3, 0.4) is 0 Å². The Labute approximate surface area is 254 Å². The number of hydrogen-bond acceptors (Lipinski definition) is 5. The van der Waals surface area contributed by atoms with Crippen molar-refractivity contribution in [2.45, 2.75) is 19.1 Å². The molecule has 3 N–H and O–H groups in total. The van der Waals surface area contributed by atoms with E-state index in [0.29, 0.717) is 37.6 Å². The van der Waals surface area contributed by atoms with E-state index < -0.39 is 23.6 Å². The largest absolute Gasteiger partial charge is 0.416 e. The van der Waals surface area contributed by atoms with Crippen molar-refractivity contribution in [3.8, 4) is 0 Å². The van der Waals surface area contributed by atoms with Crippen LogP contribution in [-0.2, 0) is 17.5 Å². The van der Waals surface area contributed by atoms with E-state index in [0.717, 1.165) is 23.5 Å². The first-order valence-corrected chi connectivity index (χ1v) is 14.2. The second kappa shape index (κ2) is 12.6. The minimum absolute atomic E-state index is 0.00591. The molecule has 0 unspecified atom stereocenters. The summed E-state index contributed by atoms with van der Waals surface area (Å²) in [6.45, 7) is 0.162. The summed E-state index contributed by atoms with van der Waals surface area (Å²) in [7, 11) is 1.65. The molecular formula is C32H26F3N5O3S. The number of carbonyl (C=O) groups excluding carboxylic acids is 3. The lowest BCUT2D eigenvalue weighted by atomic mass is 10.1. The van der Waals surface area contributed by atoms with Gasteiger partial charge in [0.05, 0.1) is 21.5 Å². The van der Waals surface area contributed by atoms with Crippen LogP contribution in [0, 0.1) is 0 Å². The number of primary amides is 1. The van der Waals surface area contributed by atoms with Gasteiger partial charge in [-0.1, -0.05) is 36.4 Å². The number of amides is 3. The van der Waals surface area contributed by atoms with Crippen LogP contribution in [0.5, 0.6) is 0 Å². The summed E-state index contributed by atoms with van der Waals surface area (Å²) in [4.78, 5) is 44.8. The molecule has 0 bridgehead atoms. The number of hydrogen-bond donors (Lipinski definition) is 2. The van der Waals surface area contributed by atoms with E-state index in [2.05, 4.69) is 10.3 Å². The molecule has 12 heteroatoms. The third-order valence-electron chi connectivity index (χ3n) is 6.76. The highest BCUT2D eigenvalue weighted by molar-refractivity contribution is 7.15. The summed E-state index contributed by atoms with van der Waals surface area (Å²) in [6.07, 6.45) is -1.26. The van der Waals surface area contributed by atoms with Gasteiger partial charge in [0.15, 0.2) is 0 Å². The Morgan fingerprint density at radius 1 is 0.977 bits per heavy atom. The number of halogens is 3. The lowest BCUT2D eigenvalue weighted by Crippen LogP contribution is -2.26. The van der Waals surface area contributed by atoms with E-state index >= 15 is 0 Å². The van der Waals surface area contributed by atoms with E-state index in [1.807, 2.05) is 6.07 Å². The highest BCUT2D eigenvalue weighted by Gasteiger charge is 2.30. The molecule has 8 nitrogen and oxygen atoms in total. The van der Waals surface area contributed by atoms with Crippen LogP contribution in [0.2, 0.25) is 0 Å². The minimum Gasteiger partial charge on any atom is -0.370 e. The minimum atomic E-state index is -4.44. The molecule has 3 amide bonds. The quantitative estimate of drug-likeness (QED) is 0.192. The number of imidazole rings is 1. The Hall–Kier alpha value is -5.23. The zero-order valence-electron chi connectivity index (χ0n) is 23.3. The molecule has 5 aromatic rings. The maximum Gasteiger partial charge on any atom is 0.416 e. The van der Waals surface area contributed by atoms with Crippen LogP contribution in [0.1, 0.15) is 42.5 Å². The zero-order valence-corrected chi connectivity index (χ0v) is 24.2. The highest BCUT2D eigenvalue weighted by Crippen LogP contribution is 2.30. The number of benzene rings is 3. The Bertz CT molecular complexity index is 1880. The van der Waals surface area contributed by atoms with Gasteiger partial charge in [0.1, 0.15) is 0 Å². The zero-order chi connectivity index (χ0) is 31.4. The highest BCUT2D eigenvalue weighted by atomic mass is 32.1. The predicted octanol–water partition coefficient (Wildman–Crippen LogP) is 6.69. The molecular weight excluding hydrogens is 591 g/mol. The summed E-state index contributed by atoms with van der Waals surface area (Å²) < 4.78 is 40.7. The Morgan fingerprint density at radius 3 is 2.48 bits per heavy atom. The number of nitrogens with zero attached hydrogens (tertiary/aromatic N) is 3. The number of thiophene rings is 1. The smallest absolute Gasteiger partial charge is 0.370 e. The van der Waals surface area contributed by atoms with Gasteiger partial charge in [-0.25, -0.2) is 4.98 Å². The molecule has 5 rings (SSSR count). The second-order valence-corrected chi connectivity index (χ2v) is 10.9. The Morgan fingerprint density at radius 2 is 1.75 bits per heavy atom. The fourth-order valence-electron chi connectivity index (χ4n) is 4.49. The maximum atomic E-state index is 13.2. The van der Waals surface area contributed by atoms with E-state index in [1.54, 1.807) is 84.4 Å². The van der Waals surface area contributed by atoms with Gasteiger partial charge in [0, 0.05) is 36.1 Å². The van der Waals surface area contributed by atoms with Gasteiger partial charge in [-0.3, -0.25) is 19.7 Å². The van der Waals surface area contributed by atoms with Crippen LogP contribution in [0.4, 0.5) is 24.8 Å². The van der Waals surface area contributed by atoms with Crippen molar-refractivity contribution in [3.05, 3.63) is 111 Å². The molecule has 2 heterocycles. The average molecular weight is 618 g/mol. The first-order valence-electron chi connectivity index (χ1n) is 13.4. The summed E-state index contributed by atoms with van der Waals surface area (Å²) in [5.74, 6) is -0.998. The Kier molecular flexibility index (Phi) is 8.63. The molecule has 0 aliphatic carbocycles. The molecule has 0 saturated carbocycles. The number of carbonyl (C=O) groups is 3. The molecule has 3 aromatic carbocycles. The number of rotatable bonds is 9. The fraction of sp³-hybridized carbons (Fsp3) is 0.125. The normalized spacial score (nSPS) is 11.6. The number of fused-ring (bicyclic) bond motifs is 1. The van der Waals surface area contributed by atoms with Crippen LogP contribution < -0.4 is 16.0 Å². The third kappa shape index (κ3) is 6.87. The Balaban J connectivity index is 1.37. The lowest BCUT2D eigenvalue weighted by Gasteiger charge is -2.17. The number of nitrogens with one attached hydrogen (secondary N) is 1. The monoisotopic (exact) mass is 617 g/mol. The van der Waals surface area contributed by atoms with Gasteiger partial charge < -0.3 is 15.2 Å². The number of alkyl halides is 3. The molecule has 0 saturated heterocycles. The molecule has 0 aliphatic rings. The summed E-state index contributed by atoms with van der Waals surface area (Å²) in [6, 6.07) is 22.3. The van der Waals surface area contributed by atoms with E-state index in [4.69, 9.17) is 5.73 Å². The van der Waals surface area contributed by atoms with Gasteiger partial charge in [-0.05, 0) is 66.2 Å². The van der Waals surface area contributed by atoms with Gasteiger partial charge in [-0.15, -0.1) is 11.3 Å². The summed E-state index contributed by atoms with van der Waals surface area (Å²) in [5, 5.41) is 2.79. The average Bonchev–Trinajstić information content (AvgIpc) is 3.62. The van der Waals surface area contributed by atoms with Crippen LogP contribution in [-0.4, -0.2) is 34.3 Å². The number of aromatic nitrogens is 2. The molecule has 0 aliphatic heterocycles. The van der Waals surface area contributed by atoms with Gasteiger partial charge in [0.25, 0.3) is 11.8 Å². The van der Waals surface area contributed by atoms with Gasteiger partial charge >= 0.3 is 6.18 Å². The fourth-order valence-corrected chi connectivity index (χ4v) is 5.29. The first kappa shape index (κ1) is 30.2. The van der Waals surface area contributed by atoms with Crippen molar-refractivity contribution in [1.29, 1.82) is 0 Å². The number of nitrogens with two attached hydrogens (primary N) is 1. The molecule has 0 atom stereocenters.